The Morgan fingerprint density at radius 3 is 2.64 bits per heavy atom. The van der Waals surface area contributed by atoms with Crippen LogP contribution in [0.2, 0.25) is 0 Å². The molecule has 1 aromatic rings. The molecular weight excluding hydrogens is 467 g/mol. The average molecular weight is 504 g/mol. The molecule has 0 aliphatic carbocycles. The standard InChI is InChI=1S/C21H36N4O2.HI/c1-5-22-21(24-18-10-13-25(14-11-18)15-16(2)3)23-12-9-17-7-6-8-19(27-4)20(17)26;/h6-8,16,18,26H,5,9-15H2,1-4H3,(H2,22,23,24);1H. The van der Waals surface area contributed by atoms with Gasteiger partial charge in [0.2, 0.25) is 0 Å². The van der Waals surface area contributed by atoms with Crippen LogP contribution in [0.1, 0.15) is 39.2 Å². The number of halogens is 1. The zero-order valence-corrected chi connectivity index (χ0v) is 20.0. The third-order valence-corrected chi connectivity index (χ3v) is 4.85. The minimum Gasteiger partial charge on any atom is -0.504 e. The summed E-state index contributed by atoms with van der Waals surface area (Å²) in [5.41, 5.74) is 0.857. The van der Waals surface area contributed by atoms with Crippen LogP contribution in [0.25, 0.3) is 0 Å². The lowest BCUT2D eigenvalue weighted by molar-refractivity contribution is 0.187. The number of phenols is 1. The number of guanidine groups is 1. The van der Waals surface area contributed by atoms with Crippen molar-refractivity contribution in [2.75, 3.05) is 39.8 Å². The lowest BCUT2D eigenvalue weighted by Crippen LogP contribution is -2.49. The number of likely N-dealkylation sites (tertiary alicyclic amines) is 1. The summed E-state index contributed by atoms with van der Waals surface area (Å²) in [6.07, 6.45) is 2.97. The van der Waals surface area contributed by atoms with E-state index < -0.39 is 0 Å². The number of hydrogen-bond acceptors (Lipinski definition) is 4. The molecule has 1 aromatic carbocycles. The van der Waals surface area contributed by atoms with E-state index in [-0.39, 0.29) is 29.7 Å². The molecule has 0 saturated carbocycles. The Labute approximate surface area is 187 Å². The molecular formula is C21H37IN4O2. The normalized spacial score (nSPS) is 16.0. The summed E-state index contributed by atoms with van der Waals surface area (Å²) in [6, 6.07) is 6.04. The Bertz CT molecular complexity index is 602. The summed E-state index contributed by atoms with van der Waals surface area (Å²) in [4.78, 5) is 7.25. The van der Waals surface area contributed by atoms with Gasteiger partial charge in [-0.2, -0.15) is 0 Å². The fourth-order valence-electron chi connectivity index (χ4n) is 3.51. The summed E-state index contributed by atoms with van der Waals surface area (Å²) >= 11 is 0. The lowest BCUT2D eigenvalue weighted by atomic mass is 10.0. The van der Waals surface area contributed by atoms with Gasteiger partial charge in [-0.05, 0) is 43.7 Å². The van der Waals surface area contributed by atoms with Crippen LogP contribution in [-0.4, -0.2) is 61.8 Å². The second-order valence-corrected chi connectivity index (χ2v) is 7.59. The number of hydrogen-bond donors (Lipinski definition) is 3. The van der Waals surface area contributed by atoms with Gasteiger partial charge in [0.25, 0.3) is 0 Å². The molecule has 6 nitrogen and oxygen atoms in total. The van der Waals surface area contributed by atoms with Crippen LogP contribution in [0, 0.1) is 5.92 Å². The van der Waals surface area contributed by atoms with Crippen molar-refractivity contribution in [3.63, 3.8) is 0 Å². The lowest BCUT2D eigenvalue weighted by Gasteiger charge is -2.34. The topological polar surface area (TPSA) is 69.1 Å². The van der Waals surface area contributed by atoms with Crippen LogP contribution in [0.4, 0.5) is 0 Å². The third kappa shape index (κ3) is 8.03. The number of aromatic hydroxyl groups is 1. The third-order valence-electron chi connectivity index (χ3n) is 4.85. The van der Waals surface area contributed by atoms with Gasteiger partial charge in [0.05, 0.1) is 7.11 Å². The van der Waals surface area contributed by atoms with Crippen LogP contribution in [0.5, 0.6) is 11.5 Å². The molecule has 0 aromatic heterocycles. The van der Waals surface area contributed by atoms with E-state index in [1.807, 2.05) is 12.1 Å². The first-order valence-electron chi connectivity index (χ1n) is 10.2. The molecule has 0 unspecified atom stereocenters. The molecule has 1 heterocycles. The number of piperidine rings is 1. The first kappa shape index (κ1) is 24.8. The molecule has 1 fully saturated rings. The van der Waals surface area contributed by atoms with Gasteiger partial charge in [0.15, 0.2) is 17.5 Å². The summed E-state index contributed by atoms with van der Waals surface area (Å²) < 4.78 is 5.17. The van der Waals surface area contributed by atoms with Crippen molar-refractivity contribution in [2.24, 2.45) is 10.9 Å². The van der Waals surface area contributed by atoms with E-state index in [9.17, 15) is 5.11 Å². The van der Waals surface area contributed by atoms with Crippen LogP contribution >= 0.6 is 24.0 Å². The first-order chi connectivity index (χ1) is 13.0. The SMILES string of the molecule is CCNC(=NCCc1cccc(OC)c1O)NC1CCN(CC(C)C)CC1.I. The number of para-hydroxylation sites is 1. The monoisotopic (exact) mass is 504 g/mol. The maximum absolute atomic E-state index is 10.2. The van der Waals surface area contributed by atoms with Crippen LogP contribution in [-0.2, 0) is 6.42 Å². The van der Waals surface area contributed by atoms with Crippen molar-refractivity contribution < 1.29 is 9.84 Å². The highest BCUT2D eigenvalue weighted by atomic mass is 127. The van der Waals surface area contributed by atoms with Gasteiger partial charge >= 0.3 is 0 Å². The van der Waals surface area contributed by atoms with E-state index in [0.717, 1.165) is 49.9 Å². The van der Waals surface area contributed by atoms with Gasteiger partial charge in [0.1, 0.15) is 0 Å². The fraction of sp³-hybridized carbons (Fsp3) is 0.667. The predicted molar refractivity (Wildman–Crippen MR) is 127 cm³/mol. The molecule has 160 valence electrons. The van der Waals surface area contributed by atoms with E-state index in [1.165, 1.54) is 6.54 Å². The number of nitrogens with one attached hydrogen (secondary N) is 2. The molecule has 0 atom stereocenters. The van der Waals surface area contributed by atoms with Crippen LogP contribution in [0.15, 0.2) is 23.2 Å². The van der Waals surface area contributed by atoms with Crippen molar-refractivity contribution in [3.05, 3.63) is 23.8 Å². The number of benzene rings is 1. The molecule has 1 aliphatic heterocycles. The maximum atomic E-state index is 10.2. The Morgan fingerprint density at radius 1 is 1.32 bits per heavy atom. The van der Waals surface area contributed by atoms with Gasteiger partial charge in [-0.15, -0.1) is 24.0 Å². The van der Waals surface area contributed by atoms with Crippen molar-refractivity contribution in [3.8, 4) is 11.5 Å². The molecule has 1 saturated heterocycles. The second kappa shape index (κ2) is 13.1. The molecule has 2 rings (SSSR count). The van der Waals surface area contributed by atoms with Crippen molar-refractivity contribution in [1.82, 2.24) is 15.5 Å². The van der Waals surface area contributed by atoms with E-state index in [1.54, 1.807) is 13.2 Å². The Balaban J connectivity index is 0.00000392. The number of phenolic OH excluding ortho intramolecular Hbond substituents is 1. The maximum Gasteiger partial charge on any atom is 0.191 e. The molecule has 0 amide bonds. The largest absolute Gasteiger partial charge is 0.504 e. The van der Waals surface area contributed by atoms with Crippen molar-refractivity contribution in [2.45, 2.75) is 46.1 Å². The number of aliphatic imine (C=N–C) groups is 1. The number of nitrogens with zero attached hydrogens (tertiary/aromatic N) is 2. The van der Waals surface area contributed by atoms with Crippen molar-refractivity contribution in [1.29, 1.82) is 0 Å². The number of ether oxygens (including phenoxy) is 1. The smallest absolute Gasteiger partial charge is 0.191 e. The van der Waals surface area contributed by atoms with Gasteiger partial charge < -0.3 is 25.4 Å². The van der Waals surface area contributed by atoms with E-state index in [4.69, 9.17) is 9.73 Å². The Morgan fingerprint density at radius 2 is 2.04 bits per heavy atom. The van der Waals surface area contributed by atoms with Gasteiger partial charge in [-0.1, -0.05) is 26.0 Å². The summed E-state index contributed by atoms with van der Waals surface area (Å²) in [5, 5.41) is 17.1. The summed E-state index contributed by atoms with van der Waals surface area (Å²) in [5.74, 6) is 2.31. The first-order valence-corrected chi connectivity index (χ1v) is 10.2. The van der Waals surface area contributed by atoms with Gasteiger partial charge in [-0.25, -0.2) is 0 Å². The highest BCUT2D eigenvalue weighted by Crippen LogP contribution is 2.29. The quantitative estimate of drug-likeness (QED) is 0.288. The molecule has 28 heavy (non-hydrogen) atoms. The average Bonchev–Trinajstić information content (AvgIpc) is 2.64. The molecule has 3 N–H and O–H groups in total. The minimum absolute atomic E-state index is 0. The van der Waals surface area contributed by atoms with E-state index >= 15 is 0 Å². The highest BCUT2D eigenvalue weighted by Gasteiger charge is 2.20. The number of methoxy groups -OCH3 is 1. The Kier molecular flexibility index (Phi) is 11.6. The van der Waals surface area contributed by atoms with Crippen LogP contribution < -0.4 is 15.4 Å². The highest BCUT2D eigenvalue weighted by molar-refractivity contribution is 14.0. The Hall–Kier alpha value is -1.22. The summed E-state index contributed by atoms with van der Waals surface area (Å²) in [7, 11) is 1.57. The molecule has 7 heteroatoms. The van der Waals surface area contributed by atoms with Gasteiger partial charge in [-0.3, -0.25) is 4.99 Å². The van der Waals surface area contributed by atoms with Crippen LogP contribution in [0.3, 0.4) is 0 Å². The summed E-state index contributed by atoms with van der Waals surface area (Å²) in [6.45, 7) is 11.6. The van der Waals surface area contributed by atoms with E-state index in [2.05, 4.69) is 36.3 Å². The minimum atomic E-state index is 0. The zero-order chi connectivity index (χ0) is 19.6. The second-order valence-electron chi connectivity index (χ2n) is 7.59. The van der Waals surface area contributed by atoms with Crippen molar-refractivity contribution >= 4 is 29.9 Å². The number of rotatable bonds is 8. The zero-order valence-electron chi connectivity index (χ0n) is 17.7. The molecule has 0 bridgehead atoms. The molecule has 0 spiro atoms. The van der Waals surface area contributed by atoms with E-state index in [0.29, 0.717) is 24.8 Å². The molecule has 0 radical (unpaired) electrons. The van der Waals surface area contributed by atoms with Gasteiger partial charge in [0, 0.05) is 38.8 Å². The fourth-order valence-corrected chi connectivity index (χ4v) is 3.51. The molecule has 1 aliphatic rings. The predicted octanol–water partition coefficient (Wildman–Crippen LogP) is 3.24.